The minimum atomic E-state index is -0.286. The van der Waals surface area contributed by atoms with Gasteiger partial charge in [0, 0.05) is 30.2 Å². The van der Waals surface area contributed by atoms with Crippen LogP contribution in [-0.4, -0.2) is 37.7 Å². The zero-order valence-electron chi connectivity index (χ0n) is 13.2. The lowest BCUT2D eigenvalue weighted by Crippen LogP contribution is -2.34. The Morgan fingerprint density at radius 3 is 2.92 bits per heavy atom. The highest BCUT2D eigenvalue weighted by atomic mass is 35.5. The maximum atomic E-state index is 13.0. The first-order chi connectivity index (χ1) is 12.2. The monoisotopic (exact) mass is 379 g/mol. The topological polar surface area (TPSA) is 67.9 Å². The lowest BCUT2D eigenvalue weighted by Gasteiger charge is -2.30. The minimum absolute atomic E-state index is 0.167. The molecule has 1 fully saturated rings. The summed E-state index contributed by atoms with van der Waals surface area (Å²) in [5.41, 5.74) is 1.55. The lowest BCUT2D eigenvalue weighted by molar-refractivity contribution is 0.178. The highest BCUT2D eigenvalue weighted by Gasteiger charge is 2.27. The second-order valence-electron chi connectivity index (χ2n) is 6.03. The summed E-state index contributed by atoms with van der Waals surface area (Å²) in [5.74, 6) is 0.983. The van der Waals surface area contributed by atoms with Gasteiger partial charge < -0.3 is 4.52 Å². The second kappa shape index (κ2) is 7.15. The van der Waals surface area contributed by atoms with E-state index in [2.05, 4.69) is 24.6 Å². The molecule has 0 amide bonds. The Morgan fingerprint density at radius 2 is 2.16 bits per heavy atom. The number of benzene rings is 1. The molecule has 0 aliphatic carbocycles. The molecule has 1 atom stereocenters. The summed E-state index contributed by atoms with van der Waals surface area (Å²) in [6.45, 7) is 2.45. The van der Waals surface area contributed by atoms with Crippen molar-refractivity contribution in [1.82, 2.24) is 24.6 Å². The van der Waals surface area contributed by atoms with Crippen LogP contribution in [0.2, 0.25) is 4.34 Å². The van der Waals surface area contributed by atoms with E-state index in [4.69, 9.17) is 16.1 Å². The van der Waals surface area contributed by atoms with Gasteiger partial charge in [0.05, 0.1) is 5.92 Å². The van der Waals surface area contributed by atoms with E-state index in [-0.39, 0.29) is 11.7 Å². The summed E-state index contributed by atoms with van der Waals surface area (Å²) in [5, 5.41) is 8.11. The molecule has 2 aromatic heterocycles. The smallest absolute Gasteiger partial charge is 0.231 e. The molecule has 1 aromatic carbocycles. The van der Waals surface area contributed by atoms with Gasteiger partial charge in [-0.2, -0.15) is 4.98 Å². The van der Waals surface area contributed by atoms with Crippen LogP contribution in [0.3, 0.4) is 0 Å². The van der Waals surface area contributed by atoms with Crippen molar-refractivity contribution < 1.29 is 8.91 Å². The lowest BCUT2D eigenvalue weighted by atomic mass is 9.98. The molecule has 1 aliphatic heterocycles. The van der Waals surface area contributed by atoms with Crippen LogP contribution >= 0.6 is 23.1 Å². The van der Waals surface area contributed by atoms with E-state index < -0.39 is 0 Å². The maximum absolute atomic E-state index is 13.0. The van der Waals surface area contributed by atoms with E-state index in [1.54, 1.807) is 12.1 Å². The largest absolute Gasteiger partial charge is 0.339 e. The number of nitrogens with zero attached hydrogens (tertiary/aromatic N) is 5. The van der Waals surface area contributed by atoms with E-state index in [0.29, 0.717) is 22.6 Å². The fourth-order valence-electron chi connectivity index (χ4n) is 3.02. The van der Waals surface area contributed by atoms with Gasteiger partial charge >= 0.3 is 0 Å². The molecule has 3 heterocycles. The fraction of sp³-hybridized carbons (Fsp3) is 0.375. The first-order valence-electron chi connectivity index (χ1n) is 7.97. The average molecular weight is 380 g/mol. The predicted molar refractivity (Wildman–Crippen MR) is 91.9 cm³/mol. The second-order valence-corrected chi connectivity index (χ2v) is 7.39. The van der Waals surface area contributed by atoms with E-state index in [9.17, 15) is 4.39 Å². The average Bonchev–Trinajstić information content (AvgIpc) is 3.26. The van der Waals surface area contributed by atoms with Gasteiger partial charge in [0.1, 0.15) is 15.8 Å². The van der Waals surface area contributed by atoms with Gasteiger partial charge in [-0.1, -0.05) is 21.2 Å². The quantitative estimate of drug-likeness (QED) is 0.687. The molecular formula is C16H15ClFN5OS. The van der Waals surface area contributed by atoms with Crippen molar-refractivity contribution >= 4 is 23.1 Å². The van der Waals surface area contributed by atoms with Crippen molar-refractivity contribution in [1.29, 1.82) is 0 Å². The number of hydrogen-bond acceptors (Lipinski definition) is 7. The first kappa shape index (κ1) is 16.6. The van der Waals surface area contributed by atoms with Crippen molar-refractivity contribution in [2.45, 2.75) is 25.3 Å². The highest BCUT2D eigenvalue weighted by molar-refractivity contribution is 7.10. The van der Waals surface area contributed by atoms with Crippen LogP contribution in [0.1, 0.15) is 30.3 Å². The standard InChI is InChI=1S/C16H15ClFN5OS/c17-14-13(20-22-25-14)9-23-7-1-2-11(8-23)16-19-15(21-24-16)10-3-5-12(18)6-4-10/h3-6,11H,1-2,7-9H2. The van der Waals surface area contributed by atoms with Crippen LogP contribution in [0.4, 0.5) is 4.39 Å². The van der Waals surface area contributed by atoms with Crippen LogP contribution < -0.4 is 0 Å². The van der Waals surface area contributed by atoms with Crippen molar-refractivity contribution in [3.63, 3.8) is 0 Å². The molecule has 130 valence electrons. The predicted octanol–water partition coefficient (Wildman–Crippen LogP) is 3.76. The molecule has 4 rings (SSSR count). The molecule has 1 aliphatic rings. The Morgan fingerprint density at radius 1 is 1.32 bits per heavy atom. The van der Waals surface area contributed by atoms with Crippen LogP contribution in [0.15, 0.2) is 28.8 Å². The van der Waals surface area contributed by atoms with Crippen LogP contribution in [0.5, 0.6) is 0 Å². The van der Waals surface area contributed by atoms with Crippen LogP contribution in [0, 0.1) is 5.82 Å². The Hall–Kier alpha value is -1.90. The third-order valence-corrected chi connectivity index (χ3v) is 5.27. The van der Waals surface area contributed by atoms with Gasteiger partial charge in [-0.25, -0.2) is 4.39 Å². The van der Waals surface area contributed by atoms with Gasteiger partial charge in [-0.3, -0.25) is 4.90 Å². The molecule has 1 unspecified atom stereocenters. The summed E-state index contributed by atoms with van der Waals surface area (Å²) in [6.07, 6.45) is 2.03. The molecule has 1 saturated heterocycles. The molecule has 25 heavy (non-hydrogen) atoms. The van der Waals surface area contributed by atoms with Gasteiger partial charge in [0.25, 0.3) is 0 Å². The molecule has 3 aromatic rings. The van der Waals surface area contributed by atoms with E-state index in [1.165, 1.54) is 23.7 Å². The summed E-state index contributed by atoms with van der Waals surface area (Å²) < 4.78 is 23.0. The highest BCUT2D eigenvalue weighted by Crippen LogP contribution is 2.29. The zero-order valence-corrected chi connectivity index (χ0v) is 14.8. The normalized spacial score (nSPS) is 18.6. The van der Waals surface area contributed by atoms with Gasteiger partial charge in [-0.05, 0) is 43.7 Å². The summed E-state index contributed by atoms with van der Waals surface area (Å²) in [6, 6.07) is 6.07. The van der Waals surface area contributed by atoms with Gasteiger partial charge in [0.2, 0.25) is 11.7 Å². The fourth-order valence-corrected chi connectivity index (χ4v) is 3.63. The third-order valence-electron chi connectivity index (χ3n) is 4.28. The number of hydrogen-bond donors (Lipinski definition) is 0. The molecule has 6 nitrogen and oxygen atoms in total. The number of aromatic nitrogens is 4. The van der Waals surface area contributed by atoms with Crippen molar-refractivity contribution in [2.24, 2.45) is 0 Å². The Labute approximate surface area is 152 Å². The van der Waals surface area contributed by atoms with Crippen LogP contribution in [-0.2, 0) is 6.54 Å². The van der Waals surface area contributed by atoms with Crippen molar-refractivity contribution in [3.05, 3.63) is 46.0 Å². The van der Waals surface area contributed by atoms with Crippen molar-refractivity contribution in [2.75, 3.05) is 13.1 Å². The first-order valence-corrected chi connectivity index (χ1v) is 9.13. The Balaban J connectivity index is 1.46. The summed E-state index contributed by atoms with van der Waals surface area (Å²) in [7, 11) is 0. The molecule has 9 heteroatoms. The van der Waals surface area contributed by atoms with E-state index in [1.807, 2.05) is 0 Å². The SMILES string of the molecule is Fc1ccc(-c2noc(C3CCCN(Cc4nnsc4Cl)C3)n2)cc1. The molecule has 0 spiro atoms. The molecule has 0 radical (unpaired) electrons. The van der Waals surface area contributed by atoms with Gasteiger partial charge in [0.15, 0.2) is 0 Å². The summed E-state index contributed by atoms with van der Waals surface area (Å²) in [4.78, 5) is 6.78. The number of rotatable bonds is 4. The van der Waals surface area contributed by atoms with Gasteiger partial charge in [-0.15, -0.1) is 5.10 Å². The Bertz CT molecular complexity index is 852. The maximum Gasteiger partial charge on any atom is 0.231 e. The molecule has 0 saturated carbocycles. The minimum Gasteiger partial charge on any atom is -0.339 e. The number of halogens is 2. The molecular weight excluding hydrogens is 365 g/mol. The number of likely N-dealkylation sites (tertiary alicyclic amines) is 1. The summed E-state index contributed by atoms with van der Waals surface area (Å²) >= 11 is 7.30. The van der Waals surface area contributed by atoms with Crippen molar-refractivity contribution in [3.8, 4) is 11.4 Å². The Kier molecular flexibility index (Phi) is 4.74. The van der Waals surface area contributed by atoms with Crippen LogP contribution in [0.25, 0.3) is 11.4 Å². The van der Waals surface area contributed by atoms with E-state index >= 15 is 0 Å². The third kappa shape index (κ3) is 3.70. The number of piperidine rings is 1. The zero-order chi connectivity index (χ0) is 17.2. The molecule has 0 N–H and O–H groups in total. The van der Waals surface area contributed by atoms with E-state index in [0.717, 1.165) is 37.2 Å². The molecule has 0 bridgehead atoms.